The maximum Gasteiger partial charge on any atom is 0.262 e. The number of sulfonamides is 1. The Morgan fingerprint density at radius 1 is 1.03 bits per heavy atom. The Labute approximate surface area is 183 Å². The van der Waals surface area contributed by atoms with Crippen molar-refractivity contribution in [3.8, 4) is 11.6 Å². The van der Waals surface area contributed by atoms with Gasteiger partial charge in [-0.15, -0.1) is 10.2 Å². The van der Waals surface area contributed by atoms with Gasteiger partial charge in [0.1, 0.15) is 0 Å². The first-order chi connectivity index (χ1) is 15.4. The smallest absolute Gasteiger partial charge is 0.262 e. The lowest BCUT2D eigenvalue weighted by Gasteiger charge is -2.11. The molecule has 4 aromatic rings. The van der Waals surface area contributed by atoms with Gasteiger partial charge in [-0.1, -0.05) is 0 Å². The molecule has 0 saturated heterocycles. The van der Waals surface area contributed by atoms with Crippen molar-refractivity contribution < 1.29 is 17.5 Å². The minimum atomic E-state index is -3.96. The fourth-order valence-corrected chi connectivity index (χ4v) is 3.89. The van der Waals surface area contributed by atoms with E-state index in [9.17, 15) is 12.8 Å². The van der Waals surface area contributed by atoms with Crippen molar-refractivity contribution in [1.29, 1.82) is 0 Å². The van der Waals surface area contributed by atoms with E-state index in [0.29, 0.717) is 23.0 Å². The molecular weight excluding hydrogens is 435 g/mol. The SMILES string of the molecule is CCOc1ccc(S(=O)(=O)Nc2ccc(Nc3ccc(-n4cccn4)nn3)cc2)cc1F. The molecule has 2 heterocycles. The maximum atomic E-state index is 14.0. The summed E-state index contributed by atoms with van der Waals surface area (Å²) in [5, 5.41) is 15.4. The molecule has 32 heavy (non-hydrogen) atoms. The van der Waals surface area contributed by atoms with Gasteiger partial charge >= 0.3 is 0 Å². The molecule has 0 aliphatic carbocycles. The summed E-state index contributed by atoms with van der Waals surface area (Å²) in [5.74, 6) is 0.353. The number of hydrogen-bond donors (Lipinski definition) is 2. The third kappa shape index (κ3) is 4.83. The average Bonchev–Trinajstić information content (AvgIpc) is 3.32. The van der Waals surface area contributed by atoms with Crippen molar-refractivity contribution in [2.75, 3.05) is 16.6 Å². The Bertz CT molecular complexity index is 1290. The van der Waals surface area contributed by atoms with Gasteiger partial charge in [0, 0.05) is 23.8 Å². The van der Waals surface area contributed by atoms with E-state index in [1.54, 1.807) is 66.5 Å². The van der Waals surface area contributed by atoms with Crippen molar-refractivity contribution in [1.82, 2.24) is 20.0 Å². The van der Waals surface area contributed by atoms with Crippen LogP contribution in [0.1, 0.15) is 6.92 Å². The lowest BCUT2D eigenvalue weighted by atomic mass is 10.3. The first kappa shape index (κ1) is 21.2. The van der Waals surface area contributed by atoms with Crippen LogP contribution >= 0.6 is 0 Å². The van der Waals surface area contributed by atoms with Crippen molar-refractivity contribution in [2.24, 2.45) is 0 Å². The van der Waals surface area contributed by atoms with E-state index in [0.717, 1.165) is 6.07 Å². The van der Waals surface area contributed by atoms with Crippen LogP contribution in [0.5, 0.6) is 5.75 Å². The lowest BCUT2D eigenvalue weighted by molar-refractivity contribution is 0.321. The zero-order chi connectivity index (χ0) is 22.6. The molecule has 0 unspecified atom stereocenters. The van der Waals surface area contributed by atoms with Gasteiger partial charge in [0.2, 0.25) is 0 Å². The molecule has 0 aliphatic rings. The van der Waals surface area contributed by atoms with Crippen molar-refractivity contribution in [3.05, 3.63) is 78.9 Å². The molecule has 0 fully saturated rings. The predicted octanol–water partition coefficient (Wildman–Crippen LogP) is 3.74. The van der Waals surface area contributed by atoms with Gasteiger partial charge in [0.25, 0.3) is 10.0 Å². The monoisotopic (exact) mass is 454 g/mol. The first-order valence-electron chi connectivity index (χ1n) is 9.60. The Morgan fingerprint density at radius 2 is 1.81 bits per heavy atom. The third-order valence-electron chi connectivity index (χ3n) is 4.31. The molecule has 9 nitrogen and oxygen atoms in total. The van der Waals surface area contributed by atoms with Crippen molar-refractivity contribution >= 4 is 27.2 Å². The highest BCUT2D eigenvalue weighted by atomic mass is 32.2. The summed E-state index contributed by atoms with van der Waals surface area (Å²) in [6.07, 6.45) is 3.41. The summed E-state index contributed by atoms with van der Waals surface area (Å²) in [7, 11) is -3.96. The Hall–Kier alpha value is -3.99. The summed E-state index contributed by atoms with van der Waals surface area (Å²) < 4.78 is 48.3. The molecular formula is C21H19FN6O3S. The van der Waals surface area contributed by atoms with Crippen LogP contribution in [0, 0.1) is 5.82 Å². The Kier molecular flexibility index (Phi) is 5.99. The molecule has 2 aromatic carbocycles. The minimum absolute atomic E-state index is 0.00244. The van der Waals surface area contributed by atoms with Gasteiger partial charge in [-0.3, -0.25) is 4.72 Å². The number of aromatic nitrogens is 4. The Balaban J connectivity index is 1.42. The van der Waals surface area contributed by atoms with Gasteiger partial charge in [0.05, 0.1) is 11.5 Å². The number of benzene rings is 2. The van der Waals surface area contributed by atoms with Crippen LogP contribution in [0.15, 0.2) is 78.0 Å². The molecule has 0 atom stereocenters. The largest absolute Gasteiger partial charge is 0.491 e. The Morgan fingerprint density at radius 3 is 2.44 bits per heavy atom. The number of halogens is 1. The molecule has 2 N–H and O–H groups in total. The summed E-state index contributed by atoms with van der Waals surface area (Å²) in [6, 6.07) is 15.3. The van der Waals surface area contributed by atoms with Crippen LogP contribution in [-0.4, -0.2) is 35.0 Å². The zero-order valence-corrected chi connectivity index (χ0v) is 17.8. The van der Waals surface area contributed by atoms with Gasteiger partial charge < -0.3 is 10.1 Å². The second-order valence-electron chi connectivity index (χ2n) is 6.56. The van der Waals surface area contributed by atoms with Gasteiger partial charge in [-0.25, -0.2) is 17.5 Å². The van der Waals surface area contributed by atoms with Gasteiger partial charge in [-0.05, 0) is 67.6 Å². The summed E-state index contributed by atoms with van der Waals surface area (Å²) in [4.78, 5) is -0.201. The number of rotatable bonds is 8. The van der Waals surface area contributed by atoms with E-state index in [1.165, 1.54) is 12.1 Å². The average molecular weight is 454 g/mol. The number of ether oxygens (including phenoxy) is 1. The molecule has 0 saturated carbocycles. The van der Waals surface area contributed by atoms with Crippen molar-refractivity contribution in [3.63, 3.8) is 0 Å². The summed E-state index contributed by atoms with van der Waals surface area (Å²) >= 11 is 0. The highest BCUT2D eigenvalue weighted by Gasteiger charge is 2.17. The molecule has 11 heteroatoms. The van der Waals surface area contributed by atoms with E-state index in [4.69, 9.17) is 4.74 Å². The molecule has 2 aromatic heterocycles. The first-order valence-corrected chi connectivity index (χ1v) is 11.1. The standard InChI is InChI=1S/C21H19FN6O3S/c1-2-31-19-9-8-17(14-18(19)22)32(29,30)27-16-6-4-15(5-7-16)24-20-10-11-21(26-25-20)28-13-3-12-23-28/h3-14,27H,2H2,1H3,(H,24,25). The van der Waals surface area contributed by atoms with Crippen LogP contribution in [0.4, 0.5) is 21.6 Å². The molecule has 4 rings (SSSR count). The van der Waals surface area contributed by atoms with E-state index < -0.39 is 15.8 Å². The topological polar surface area (TPSA) is 111 Å². The molecule has 0 amide bonds. The molecule has 0 aliphatic heterocycles. The highest BCUT2D eigenvalue weighted by molar-refractivity contribution is 7.92. The zero-order valence-electron chi connectivity index (χ0n) is 16.9. The summed E-state index contributed by atoms with van der Waals surface area (Å²) in [5.41, 5.74) is 1.01. The van der Waals surface area contributed by atoms with Gasteiger partial charge in [-0.2, -0.15) is 5.10 Å². The maximum absolute atomic E-state index is 14.0. The van der Waals surface area contributed by atoms with Crippen LogP contribution in [0.2, 0.25) is 0 Å². The molecule has 0 spiro atoms. The highest BCUT2D eigenvalue weighted by Crippen LogP contribution is 2.24. The normalized spacial score (nSPS) is 11.2. The second-order valence-corrected chi connectivity index (χ2v) is 8.24. The van der Waals surface area contributed by atoms with E-state index in [2.05, 4.69) is 25.3 Å². The molecule has 0 radical (unpaired) electrons. The summed E-state index contributed by atoms with van der Waals surface area (Å²) in [6.45, 7) is 1.99. The number of hydrogen-bond acceptors (Lipinski definition) is 7. The third-order valence-corrected chi connectivity index (χ3v) is 5.69. The second kappa shape index (κ2) is 9.02. The quantitative estimate of drug-likeness (QED) is 0.417. The van der Waals surface area contributed by atoms with E-state index in [1.807, 2.05) is 0 Å². The predicted molar refractivity (Wildman–Crippen MR) is 117 cm³/mol. The number of nitrogens with zero attached hydrogens (tertiary/aromatic N) is 4. The van der Waals surface area contributed by atoms with Gasteiger partial charge in [0.15, 0.2) is 23.2 Å². The number of anilines is 3. The van der Waals surface area contributed by atoms with E-state index in [-0.39, 0.29) is 17.3 Å². The molecule has 164 valence electrons. The van der Waals surface area contributed by atoms with Crippen LogP contribution in [0.25, 0.3) is 5.82 Å². The van der Waals surface area contributed by atoms with E-state index >= 15 is 0 Å². The molecule has 0 bridgehead atoms. The lowest BCUT2D eigenvalue weighted by Crippen LogP contribution is -2.13. The van der Waals surface area contributed by atoms with Crippen LogP contribution < -0.4 is 14.8 Å². The van der Waals surface area contributed by atoms with Crippen molar-refractivity contribution in [2.45, 2.75) is 11.8 Å². The van der Waals surface area contributed by atoms with Crippen LogP contribution in [0.3, 0.4) is 0 Å². The van der Waals surface area contributed by atoms with Crippen LogP contribution in [-0.2, 0) is 10.0 Å². The fraction of sp³-hybridized carbons (Fsp3) is 0.0952. The fourth-order valence-electron chi connectivity index (χ4n) is 2.82. The number of nitrogens with one attached hydrogen (secondary N) is 2. The minimum Gasteiger partial charge on any atom is -0.491 e.